The van der Waals surface area contributed by atoms with Crippen LogP contribution in [0.25, 0.3) is 0 Å². The van der Waals surface area contributed by atoms with Crippen LogP contribution in [0, 0.1) is 0 Å². The minimum atomic E-state index is 0.479. The zero-order valence-electron chi connectivity index (χ0n) is 11.6. The number of rotatable bonds is 6. The topological polar surface area (TPSA) is 53.6 Å². The van der Waals surface area contributed by atoms with E-state index >= 15 is 0 Å². The lowest BCUT2D eigenvalue weighted by Gasteiger charge is -2.12. The molecular formula is C14H24N4. The Morgan fingerprint density at radius 3 is 2.83 bits per heavy atom. The van der Waals surface area contributed by atoms with Gasteiger partial charge in [-0.3, -0.25) is 4.99 Å². The van der Waals surface area contributed by atoms with Crippen molar-refractivity contribution in [3.63, 3.8) is 0 Å². The molecule has 0 unspecified atom stereocenters. The number of guanidine groups is 1. The lowest BCUT2D eigenvalue weighted by atomic mass is 10.1. The van der Waals surface area contributed by atoms with Crippen molar-refractivity contribution < 1.29 is 0 Å². The summed E-state index contributed by atoms with van der Waals surface area (Å²) in [4.78, 5) is 6.51. The van der Waals surface area contributed by atoms with E-state index in [9.17, 15) is 0 Å². The number of anilines is 1. The molecule has 0 fully saturated rings. The highest BCUT2D eigenvalue weighted by Gasteiger charge is 1.97. The molecule has 0 aliphatic heterocycles. The molecule has 0 radical (unpaired) electrons. The van der Waals surface area contributed by atoms with E-state index in [1.54, 1.807) is 0 Å². The molecule has 1 rings (SSSR count). The summed E-state index contributed by atoms with van der Waals surface area (Å²) in [5.74, 6) is 0.479. The van der Waals surface area contributed by atoms with Gasteiger partial charge in [-0.05, 0) is 37.7 Å². The van der Waals surface area contributed by atoms with Crippen LogP contribution in [0.5, 0.6) is 0 Å². The van der Waals surface area contributed by atoms with Gasteiger partial charge in [0.25, 0.3) is 0 Å². The third-order valence-corrected chi connectivity index (χ3v) is 2.91. The molecule has 3 N–H and O–H groups in total. The fourth-order valence-corrected chi connectivity index (χ4v) is 1.56. The fraction of sp³-hybridized carbons (Fsp3) is 0.500. The first-order chi connectivity index (χ1) is 8.65. The Balaban J connectivity index is 2.47. The molecular weight excluding hydrogens is 224 g/mol. The smallest absolute Gasteiger partial charge is 0.193 e. The maximum Gasteiger partial charge on any atom is 0.193 e. The number of likely N-dealkylation sites (N-methyl/N-ethyl adjacent to an activating group) is 1. The maximum atomic E-state index is 5.85. The molecule has 0 bridgehead atoms. The van der Waals surface area contributed by atoms with Gasteiger partial charge in [0, 0.05) is 12.2 Å². The van der Waals surface area contributed by atoms with Crippen molar-refractivity contribution >= 4 is 11.6 Å². The molecule has 0 amide bonds. The molecule has 0 saturated carbocycles. The number of aryl methyl sites for hydroxylation is 1. The first kappa shape index (κ1) is 14.5. The summed E-state index contributed by atoms with van der Waals surface area (Å²) in [7, 11) is 2.07. The van der Waals surface area contributed by atoms with E-state index in [0.29, 0.717) is 5.96 Å². The van der Waals surface area contributed by atoms with Crippen molar-refractivity contribution in [1.29, 1.82) is 0 Å². The van der Waals surface area contributed by atoms with Crippen LogP contribution in [0.4, 0.5) is 5.69 Å². The molecule has 0 saturated heterocycles. The highest BCUT2D eigenvalue weighted by Crippen LogP contribution is 2.10. The van der Waals surface area contributed by atoms with Crippen molar-refractivity contribution in [1.82, 2.24) is 4.90 Å². The standard InChI is InChI=1S/C14H24N4/c1-4-12-7-6-8-13(11-12)17-14(15)16-9-10-18(3)5-2/h6-8,11H,4-5,9-10H2,1-3H3,(H3,15,16,17). The van der Waals surface area contributed by atoms with Gasteiger partial charge in [0.05, 0.1) is 6.54 Å². The molecule has 0 aliphatic rings. The van der Waals surface area contributed by atoms with Crippen LogP contribution in [-0.2, 0) is 6.42 Å². The Hall–Kier alpha value is -1.55. The summed E-state index contributed by atoms with van der Waals surface area (Å²) in [5, 5.41) is 3.12. The molecule has 0 aliphatic carbocycles. The summed E-state index contributed by atoms with van der Waals surface area (Å²) < 4.78 is 0. The first-order valence-corrected chi connectivity index (χ1v) is 6.50. The molecule has 4 heteroatoms. The Morgan fingerprint density at radius 1 is 1.39 bits per heavy atom. The van der Waals surface area contributed by atoms with Crippen molar-refractivity contribution in [3.05, 3.63) is 29.8 Å². The third kappa shape index (κ3) is 5.19. The average molecular weight is 248 g/mol. The van der Waals surface area contributed by atoms with Gasteiger partial charge in [-0.15, -0.1) is 0 Å². The predicted molar refractivity (Wildman–Crippen MR) is 79.1 cm³/mol. The van der Waals surface area contributed by atoms with Crippen LogP contribution in [0.15, 0.2) is 29.3 Å². The van der Waals surface area contributed by atoms with Gasteiger partial charge < -0.3 is 16.0 Å². The molecule has 1 aromatic rings. The molecule has 0 aromatic heterocycles. The molecule has 0 spiro atoms. The number of hydrogen-bond acceptors (Lipinski definition) is 2. The van der Waals surface area contributed by atoms with Crippen LogP contribution < -0.4 is 11.1 Å². The summed E-state index contributed by atoms with van der Waals surface area (Å²) in [6.07, 6.45) is 1.02. The van der Waals surface area contributed by atoms with Crippen molar-refractivity contribution in [2.75, 3.05) is 32.0 Å². The Labute approximate surface area is 110 Å². The van der Waals surface area contributed by atoms with E-state index in [4.69, 9.17) is 5.73 Å². The zero-order chi connectivity index (χ0) is 13.4. The molecule has 0 heterocycles. The Bertz CT molecular complexity index is 387. The quantitative estimate of drug-likeness (QED) is 0.597. The van der Waals surface area contributed by atoms with Crippen LogP contribution in [-0.4, -0.2) is 37.5 Å². The molecule has 100 valence electrons. The van der Waals surface area contributed by atoms with Gasteiger partial charge in [0.1, 0.15) is 0 Å². The van der Waals surface area contributed by atoms with Gasteiger partial charge in [0.2, 0.25) is 0 Å². The highest BCUT2D eigenvalue weighted by molar-refractivity contribution is 5.92. The van der Waals surface area contributed by atoms with Crippen LogP contribution in [0.3, 0.4) is 0 Å². The van der Waals surface area contributed by atoms with Gasteiger partial charge in [-0.2, -0.15) is 0 Å². The van der Waals surface area contributed by atoms with Crippen LogP contribution in [0.2, 0.25) is 0 Å². The lowest BCUT2D eigenvalue weighted by Crippen LogP contribution is -2.26. The number of aliphatic imine (C=N–C) groups is 1. The SMILES string of the molecule is CCc1cccc(NC(N)=NCCN(C)CC)c1. The van der Waals surface area contributed by atoms with E-state index in [1.807, 2.05) is 12.1 Å². The van der Waals surface area contributed by atoms with Crippen molar-refractivity contribution in [2.24, 2.45) is 10.7 Å². The van der Waals surface area contributed by atoms with E-state index in [0.717, 1.165) is 31.7 Å². The maximum absolute atomic E-state index is 5.85. The molecule has 4 nitrogen and oxygen atoms in total. The largest absolute Gasteiger partial charge is 0.370 e. The second kappa shape index (κ2) is 7.71. The van der Waals surface area contributed by atoms with Gasteiger partial charge in [-0.1, -0.05) is 26.0 Å². The summed E-state index contributed by atoms with van der Waals surface area (Å²) in [5.41, 5.74) is 8.14. The monoisotopic (exact) mass is 248 g/mol. The normalized spacial score (nSPS) is 11.9. The van der Waals surface area contributed by atoms with Crippen LogP contribution >= 0.6 is 0 Å². The van der Waals surface area contributed by atoms with Gasteiger partial charge in [-0.25, -0.2) is 0 Å². The fourth-order valence-electron chi connectivity index (χ4n) is 1.56. The van der Waals surface area contributed by atoms with Crippen molar-refractivity contribution in [2.45, 2.75) is 20.3 Å². The van der Waals surface area contributed by atoms with Crippen molar-refractivity contribution in [3.8, 4) is 0 Å². The Kier molecular flexibility index (Phi) is 6.22. The number of nitrogens with two attached hydrogens (primary N) is 1. The minimum absolute atomic E-state index is 0.479. The molecule has 18 heavy (non-hydrogen) atoms. The molecule has 1 aromatic carbocycles. The van der Waals surface area contributed by atoms with E-state index in [2.05, 4.69) is 48.2 Å². The highest BCUT2D eigenvalue weighted by atomic mass is 15.1. The minimum Gasteiger partial charge on any atom is -0.370 e. The predicted octanol–water partition coefficient (Wildman–Crippen LogP) is 1.93. The third-order valence-electron chi connectivity index (χ3n) is 2.91. The van der Waals surface area contributed by atoms with E-state index in [-0.39, 0.29) is 0 Å². The summed E-state index contributed by atoms with van der Waals surface area (Å²) in [6, 6.07) is 8.23. The van der Waals surface area contributed by atoms with Crippen LogP contribution in [0.1, 0.15) is 19.4 Å². The summed E-state index contributed by atoms with van der Waals surface area (Å²) in [6.45, 7) is 6.94. The number of benzene rings is 1. The first-order valence-electron chi connectivity index (χ1n) is 6.50. The number of nitrogens with one attached hydrogen (secondary N) is 1. The molecule has 0 atom stereocenters. The van der Waals surface area contributed by atoms with E-state index in [1.165, 1.54) is 5.56 Å². The van der Waals surface area contributed by atoms with Gasteiger partial charge >= 0.3 is 0 Å². The summed E-state index contributed by atoms with van der Waals surface area (Å²) >= 11 is 0. The second-order valence-electron chi connectivity index (χ2n) is 4.34. The average Bonchev–Trinajstić information content (AvgIpc) is 2.38. The van der Waals surface area contributed by atoms with Gasteiger partial charge in [0.15, 0.2) is 5.96 Å². The van der Waals surface area contributed by atoms with E-state index < -0.39 is 0 Å². The number of nitrogens with zero attached hydrogens (tertiary/aromatic N) is 2. The second-order valence-corrected chi connectivity index (χ2v) is 4.34. The lowest BCUT2D eigenvalue weighted by molar-refractivity contribution is 0.363. The Morgan fingerprint density at radius 2 is 2.17 bits per heavy atom. The number of hydrogen-bond donors (Lipinski definition) is 2. The zero-order valence-corrected chi connectivity index (χ0v) is 11.6.